The minimum Gasteiger partial charge on any atom is -0.322 e. The Bertz CT molecular complexity index is 1140. The highest BCUT2D eigenvalue weighted by molar-refractivity contribution is 7.92. The molecule has 0 fully saturated rings. The first-order valence-corrected chi connectivity index (χ1v) is 10.4. The Morgan fingerprint density at radius 1 is 0.893 bits per heavy atom. The molecule has 2 N–H and O–H groups in total. The van der Waals surface area contributed by atoms with E-state index in [9.17, 15) is 13.2 Å². The number of amides is 1. The highest BCUT2D eigenvalue weighted by Crippen LogP contribution is 2.22. The summed E-state index contributed by atoms with van der Waals surface area (Å²) >= 11 is 6.08. The molecule has 0 atom stereocenters. The molecule has 144 valence electrons. The summed E-state index contributed by atoms with van der Waals surface area (Å²) in [5.74, 6) is -0.424. The Kier molecular flexibility index (Phi) is 5.72. The molecule has 0 unspecified atom stereocenters. The van der Waals surface area contributed by atoms with Gasteiger partial charge in [-0.25, -0.2) is 8.42 Å². The van der Waals surface area contributed by atoms with Crippen LogP contribution in [0.2, 0.25) is 5.02 Å². The van der Waals surface area contributed by atoms with Crippen molar-refractivity contribution in [1.29, 1.82) is 0 Å². The maximum absolute atomic E-state index is 12.7. The number of carbonyl (C=O) groups is 1. The van der Waals surface area contributed by atoms with Crippen LogP contribution in [0.1, 0.15) is 21.5 Å². The lowest BCUT2D eigenvalue weighted by Gasteiger charge is -2.11. The lowest BCUT2D eigenvalue weighted by molar-refractivity contribution is 0.102. The van der Waals surface area contributed by atoms with Gasteiger partial charge in [0.15, 0.2) is 0 Å². The zero-order valence-electron chi connectivity index (χ0n) is 15.4. The van der Waals surface area contributed by atoms with Gasteiger partial charge in [-0.3, -0.25) is 9.52 Å². The minimum atomic E-state index is -3.82. The Balaban J connectivity index is 1.82. The van der Waals surface area contributed by atoms with E-state index in [0.29, 0.717) is 16.4 Å². The molecule has 7 heteroatoms. The van der Waals surface area contributed by atoms with Crippen LogP contribution in [0.5, 0.6) is 0 Å². The van der Waals surface area contributed by atoms with Crippen molar-refractivity contribution in [2.24, 2.45) is 0 Å². The maximum atomic E-state index is 12.7. The number of hydrogen-bond donors (Lipinski definition) is 2. The number of hydrogen-bond acceptors (Lipinski definition) is 3. The second-order valence-corrected chi connectivity index (χ2v) is 8.51. The van der Waals surface area contributed by atoms with Crippen LogP contribution < -0.4 is 10.0 Å². The minimum absolute atomic E-state index is 0.00333. The van der Waals surface area contributed by atoms with E-state index < -0.39 is 15.9 Å². The lowest BCUT2D eigenvalue weighted by Crippen LogP contribution is -2.16. The smallest absolute Gasteiger partial charge is 0.261 e. The van der Waals surface area contributed by atoms with E-state index in [4.69, 9.17) is 11.6 Å². The third-order valence-corrected chi connectivity index (χ3v) is 5.89. The highest BCUT2D eigenvalue weighted by Gasteiger charge is 2.17. The summed E-state index contributed by atoms with van der Waals surface area (Å²) in [6, 6.07) is 18.1. The summed E-state index contributed by atoms with van der Waals surface area (Å²) in [5, 5.41) is 3.26. The van der Waals surface area contributed by atoms with Gasteiger partial charge >= 0.3 is 0 Å². The Morgan fingerprint density at radius 3 is 2.36 bits per heavy atom. The van der Waals surface area contributed by atoms with E-state index in [2.05, 4.69) is 10.0 Å². The topological polar surface area (TPSA) is 75.3 Å². The molecule has 0 aliphatic heterocycles. The van der Waals surface area contributed by atoms with Crippen LogP contribution in [0.15, 0.2) is 71.6 Å². The van der Waals surface area contributed by atoms with E-state index in [-0.39, 0.29) is 10.5 Å². The molecule has 0 radical (unpaired) electrons. The van der Waals surface area contributed by atoms with Crippen molar-refractivity contribution in [2.45, 2.75) is 18.7 Å². The van der Waals surface area contributed by atoms with Gasteiger partial charge in [-0.2, -0.15) is 0 Å². The molecule has 3 rings (SSSR count). The third kappa shape index (κ3) is 4.71. The van der Waals surface area contributed by atoms with Gasteiger partial charge in [0, 0.05) is 22.0 Å². The summed E-state index contributed by atoms with van der Waals surface area (Å²) in [6.07, 6.45) is 0. The first-order valence-electron chi connectivity index (χ1n) is 8.52. The van der Waals surface area contributed by atoms with Crippen LogP contribution in [0, 0.1) is 13.8 Å². The lowest BCUT2D eigenvalue weighted by atomic mass is 10.2. The number of carbonyl (C=O) groups excluding carboxylic acids is 1. The first kappa shape index (κ1) is 19.9. The van der Waals surface area contributed by atoms with E-state index >= 15 is 0 Å². The molecule has 0 aliphatic rings. The highest BCUT2D eigenvalue weighted by atomic mass is 35.5. The molecule has 1 amide bonds. The molecule has 0 heterocycles. The van der Waals surface area contributed by atoms with Gasteiger partial charge in [0.2, 0.25) is 0 Å². The van der Waals surface area contributed by atoms with Crippen LogP contribution >= 0.6 is 11.6 Å². The van der Waals surface area contributed by atoms with Crippen molar-refractivity contribution < 1.29 is 13.2 Å². The summed E-state index contributed by atoms with van der Waals surface area (Å²) < 4.78 is 27.9. The van der Waals surface area contributed by atoms with Crippen molar-refractivity contribution in [1.82, 2.24) is 0 Å². The largest absolute Gasteiger partial charge is 0.322 e. The fraction of sp³-hybridized carbons (Fsp3) is 0.0952. The van der Waals surface area contributed by atoms with Gasteiger partial charge in [0.05, 0.1) is 4.90 Å². The molecular weight excluding hydrogens is 396 g/mol. The van der Waals surface area contributed by atoms with Gasteiger partial charge in [-0.05, 0) is 67.4 Å². The Hall–Kier alpha value is -2.83. The predicted molar refractivity (Wildman–Crippen MR) is 113 cm³/mol. The summed E-state index contributed by atoms with van der Waals surface area (Å²) in [5.41, 5.74) is 3.06. The fourth-order valence-electron chi connectivity index (χ4n) is 2.60. The van der Waals surface area contributed by atoms with Crippen LogP contribution in [0.3, 0.4) is 0 Å². The molecule has 0 saturated carbocycles. The average Bonchev–Trinajstić information content (AvgIpc) is 2.64. The monoisotopic (exact) mass is 414 g/mol. The first-order chi connectivity index (χ1) is 13.2. The average molecular weight is 415 g/mol. The summed E-state index contributed by atoms with van der Waals surface area (Å²) in [6.45, 7) is 3.74. The second-order valence-electron chi connectivity index (χ2n) is 6.42. The molecule has 3 aromatic rings. The number of rotatable bonds is 5. The van der Waals surface area contributed by atoms with E-state index in [0.717, 1.165) is 11.1 Å². The zero-order valence-corrected chi connectivity index (χ0v) is 16.9. The van der Waals surface area contributed by atoms with Crippen molar-refractivity contribution in [3.63, 3.8) is 0 Å². The standard InChI is InChI=1S/C21H19ClN2O3S/c1-14-5-3-7-18(11-14)24-28(26,27)19-8-4-6-16(12-19)21(25)23-17-10-9-15(2)20(22)13-17/h3-13,24H,1-2H3,(H,23,25). The molecule has 5 nitrogen and oxygen atoms in total. The van der Waals surface area contributed by atoms with Gasteiger partial charge < -0.3 is 5.32 Å². The van der Waals surface area contributed by atoms with Crippen LogP contribution in [0.25, 0.3) is 0 Å². The van der Waals surface area contributed by atoms with E-state index in [1.165, 1.54) is 18.2 Å². The number of nitrogens with one attached hydrogen (secondary N) is 2. The fourth-order valence-corrected chi connectivity index (χ4v) is 3.88. The van der Waals surface area contributed by atoms with Gasteiger partial charge in [-0.1, -0.05) is 35.9 Å². The third-order valence-electron chi connectivity index (χ3n) is 4.11. The molecule has 0 bridgehead atoms. The van der Waals surface area contributed by atoms with E-state index in [1.54, 1.807) is 42.5 Å². The molecular formula is C21H19ClN2O3S. The van der Waals surface area contributed by atoms with Gasteiger partial charge in [0.1, 0.15) is 0 Å². The molecule has 28 heavy (non-hydrogen) atoms. The van der Waals surface area contributed by atoms with Gasteiger partial charge in [0.25, 0.3) is 15.9 Å². The Labute approximate surface area is 169 Å². The number of halogens is 1. The quantitative estimate of drug-likeness (QED) is 0.616. The SMILES string of the molecule is Cc1cccc(NS(=O)(=O)c2cccc(C(=O)Nc3ccc(C)c(Cl)c3)c2)c1. The van der Waals surface area contributed by atoms with Crippen molar-refractivity contribution in [3.8, 4) is 0 Å². The second kappa shape index (κ2) is 8.04. The number of anilines is 2. The summed E-state index contributed by atoms with van der Waals surface area (Å²) in [4.78, 5) is 12.5. The maximum Gasteiger partial charge on any atom is 0.261 e. The summed E-state index contributed by atoms with van der Waals surface area (Å²) in [7, 11) is -3.82. The normalized spacial score (nSPS) is 11.1. The number of aryl methyl sites for hydroxylation is 2. The van der Waals surface area contributed by atoms with Crippen molar-refractivity contribution in [2.75, 3.05) is 10.0 Å². The number of sulfonamides is 1. The van der Waals surface area contributed by atoms with Crippen LogP contribution in [-0.4, -0.2) is 14.3 Å². The molecule has 3 aromatic carbocycles. The van der Waals surface area contributed by atoms with Crippen LogP contribution in [0.4, 0.5) is 11.4 Å². The molecule has 0 aromatic heterocycles. The molecule has 0 saturated heterocycles. The van der Waals surface area contributed by atoms with Gasteiger partial charge in [-0.15, -0.1) is 0 Å². The van der Waals surface area contributed by atoms with Crippen molar-refractivity contribution >= 4 is 38.9 Å². The van der Waals surface area contributed by atoms with Crippen molar-refractivity contribution in [3.05, 3.63) is 88.4 Å². The Morgan fingerprint density at radius 2 is 1.64 bits per heavy atom. The number of benzene rings is 3. The molecule has 0 spiro atoms. The van der Waals surface area contributed by atoms with E-state index in [1.807, 2.05) is 19.9 Å². The zero-order chi connectivity index (χ0) is 20.3. The predicted octanol–water partition coefficient (Wildman–Crippen LogP) is 5.01. The van der Waals surface area contributed by atoms with Crippen LogP contribution in [-0.2, 0) is 10.0 Å². The molecule has 0 aliphatic carbocycles.